The first-order valence-electron chi connectivity index (χ1n) is 5.89. The predicted octanol–water partition coefficient (Wildman–Crippen LogP) is 1.44. The molecule has 1 rings (SSSR count). The molecule has 0 aromatic heterocycles. The molecule has 0 amide bonds. The van der Waals surface area contributed by atoms with Gasteiger partial charge in [-0.15, -0.1) is 0 Å². The number of hydrogen-bond acceptors (Lipinski definition) is 5. The molecule has 0 saturated heterocycles. The summed E-state index contributed by atoms with van der Waals surface area (Å²) in [5.41, 5.74) is 0.734. The number of hydrogen-bond donors (Lipinski definition) is 2. The fourth-order valence-corrected chi connectivity index (χ4v) is 1.48. The van der Waals surface area contributed by atoms with E-state index in [1.54, 1.807) is 32.2 Å². The molecule has 0 heterocycles. The van der Waals surface area contributed by atoms with Gasteiger partial charge in [0.25, 0.3) is 0 Å². The van der Waals surface area contributed by atoms with Gasteiger partial charge in [-0.05, 0) is 25.1 Å². The van der Waals surface area contributed by atoms with E-state index in [4.69, 9.17) is 9.47 Å². The number of phenolic OH excluding ortho intramolecular Hbond substituents is 1. The Morgan fingerprint density at radius 3 is 2.89 bits per heavy atom. The van der Waals surface area contributed by atoms with Crippen molar-refractivity contribution in [2.45, 2.75) is 19.9 Å². The molecule has 0 aliphatic heterocycles. The number of rotatable bonds is 7. The zero-order valence-electron chi connectivity index (χ0n) is 10.7. The Labute approximate surface area is 107 Å². The van der Waals surface area contributed by atoms with Crippen molar-refractivity contribution in [3.63, 3.8) is 0 Å². The molecule has 0 bridgehead atoms. The van der Waals surface area contributed by atoms with Gasteiger partial charge in [-0.25, -0.2) is 0 Å². The molecule has 0 radical (unpaired) electrons. The van der Waals surface area contributed by atoms with Crippen LogP contribution in [0.2, 0.25) is 0 Å². The maximum Gasteiger partial charge on any atom is 0.307 e. The molecule has 18 heavy (non-hydrogen) atoms. The van der Waals surface area contributed by atoms with Crippen LogP contribution in [0.4, 0.5) is 0 Å². The van der Waals surface area contributed by atoms with Crippen LogP contribution >= 0.6 is 0 Å². The minimum absolute atomic E-state index is 0.208. The van der Waals surface area contributed by atoms with Gasteiger partial charge in [0, 0.05) is 18.7 Å². The van der Waals surface area contributed by atoms with Crippen LogP contribution in [0.5, 0.6) is 11.5 Å². The summed E-state index contributed by atoms with van der Waals surface area (Å²) in [6, 6.07) is 5.03. The molecule has 2 N–H and O–H groups in total. The Morgan fingerprint density at radius 1 is 1.44 bits per heavy atom. The lowest BCUT2D eigenvalue weighted by Crippen LogP contribution is -2.19. The monoisotopic (exact) mass is 253 g/mol. The second-order valence-corrected chi connectivity index (χ2v) is 3.73. The van der Waals surface area contributed by atoms with Crippen molar-refractivity contribution in [1.29, 1.82) is 0 Å². The smallest absolute Gasteiger partial charge is 0.307 e. The molecule has 0 unspecified atom stereocenters. The van der Waals surface area contributed by atoms with Crippen molar-refractivity contribution in [1.82, 2.24) is 5.32 Å². The third kappa shape index (κ3) is 4.63. The lowest BCUT2D eigenvalue weighted by atomic mass is 10.2. The summed E-state index contributed by atoms with van der Waals surface area (Å²) in [5.74, 6) is 0.675. The van der Waals surface area contributed by atoms with Crippen LogP contribution in [0.1, 0.15) is 18.9 Å². The zero-order chi connectivity index (χ0) is 13.4. The molecule has 0 spiro atoms. The molecule has 5 nitrogen and oxygen atoms in total. The normalized spacial score (nSPS) is 10.1. The van der Waals surface area contributed by atoms with Crippen molar-refractivity contribution in [2.75, 3.05) is 20.3 Å². The molecular weight excluding hydrogens is 234 g/mol. The van der Waals surface area contributed by atoms with Crippen LogP contribution in [-0.2, 0) is 16.1 Å². The Morgan fingerprint density at radius 2 is 2.22 bits per heavy atom. The quantitative estimate of drug-likeness (QED) is 0.568. The molecule has 0 fully saturated rings. The Bertz CT molecular complexity index is 393. The molecule has 5 heteroatoms. The number of carbonyl (C=O) groups is 1. The fraction of sp³-hybridized carbons (Fsp3) is 0.462. The summed E-state index contributed by atoms with van der Waals surface area (Å²) < 4.78 is 9.88. The standard InChI is InChI=1S/C13H19NO4/c1-3-18-13(16)6-7-14-9-10-8-11(17-2)4-5-12(10)15/h4-5,8,14-15H,3,6-7,9H2,1-2H3. The van der Waals surface area contributed by atoms with Gasteiger partial charge in [0.1, 0.15) is 11.5 Å². The lowest BCUT2D eigenvalue weighted by Gasteiger charge is -2.08. The van der Waals surface area contributed by atoms with Gasteiger partial charge in [-0.3, -0.25) is 4.79 Å². The summed E-state index contributed by atoms with van der Waals surface area (Å²) in [5, 5.41) is 12.7. The highest BCUT2D eigenvalue weighted by Gasteiger charge is 2.04. The molecule has 1 aromatic carbocycles. The highest BCUT2D eigenvalue weighted by atomic mass is 16.5. The average molecular weight is 253 g/mol. The molecule has 100 valence electrons. The first kappa shape index (κ1) is 14.3. The van der Waals surface area contributed by atoms with Crippen molar-refractivity contribution >= 4 is 5.97 Å². The zero-order valence-corrected chi connectivity index (χ0v) is 10.7. The van der Waals surface area contributed by atoms with Crippen molar-refractivity contribution in [2.24, 2.45) is 0 Å². The highest BCUT2D eigenvalue weighted by Crippen LogP contribution is 2.22. The van der Waals surface area contributed by atoms with E-state index in [-0.39, 0.29) is 11.7 Å². The van der Waals surface area contributed by atoms with Gasteiger partial charge in [-0.1, -0.05) is 0 Å². The van der Waals surface area contributed by atoms with Crippen LogP contribution in [0.25, 0.3) is 0 Å². The van der Waals surface area contributed by atoms with Gasteiger partial charge in [0.2, 0.25) is 0 Å². The molecule has 0 atom stereocenters. The van der Waals surface area contributed by atoms with Crippen molar-refractivity contribution in [3.8, 4) is 11.5 Å². The second-order valence-electron chi connectivity index (χ2n) is 3.73. The summed E-state index contributed by atoms with van der Waals surface area (Å²) in [6.07, 6.45) is 0.318. The van der Waals surface area contributed by atoms with Gasteiger partial charge in [0.15, 0.2) is 0 Å². The number of ether oxygens (including phenoxy) is 2. The largest absolute Gasteiger partial charge is 0.508 e. The Hall–Kier alpha value is -1.75. The topological polar surface area (TPSA) is 67.8 Å². The van der Waals surface area contributed by atoms with Crippen LogP contribution in [0.15, 0.2) is 18.2 Å². The van der Waals surface area contributed by atoms with E-state index in [2.05, 4.69) is 5.32 Å². The van der Waals surface area contributed by atoms with Crippen LogP contribution < -0.4 is 10.1 Å². The molecular formula is C13H19NO4. The van der Waals surface area contributed by atoms with Gasteiger partial charge < -0.3 is 19.9 Å². The van der Waals surface area contributed by atoms with Crippen molar-refractivity contribution < 1.29 is 19.4 Å². The second kappa shape index (κ2) is 7.55. The highest BCUT2D eigenvalue weighted by molar-refractivity contribution is 5.69. The molecule has 0 saturated carbocycles. The third-order valence-electron chi connectivity index (χ3n) is 2.41. The number of phenols is 1. The van der Waals surface area contributed by atoms with E-state index in [9.17, 15) is 9.90 Å². The first-order chi connectivity index (χ1) is 8.67. The maximum absolute atomic E-state index is 11.1. The molecule has 0 aliphatic carbocycles. The summed E-state index contributed by atoms with van der Waals surface area (Å²) in [6.45, 7) is 3.16. The number of carbonyl (C=O) groups excluding carboxylic acids is 1. The van der Waals surface area contributed by atoms with Crippen LogP contribution in [0, 0.1) is 0 Å². The average Bonchev–Trinajstić information content (AvgIpc) is 2.37. The van der Waals surface area contributed by atoms with Crippen molar-refractivity contribution in [3.05, 3.63) is 23.8 Å². The summed E-state index contributed by atoms with van der Waals surface area (Å²) in [7, 11) is 1.57. The number of esters is 1. The lowest BCUT2D eigenvalue weighted by molar-refractivity contribution is -0.142. The minimum Gasteiger partial charge on any atom is -0.508 e. The summed E-state index contributed by atoms with van der Waals surface area (Å²) in [4.78, 5) is 11.1. The van der Waals surface area contributed by atoms with E-state index in [1.165, 1.54) is 0 Å². The maximum atomic E-state index is 11.1. The SMILES string of the molecule is CCOC(=O)CCNCc1cc(OC)ccc1O. The van der Waals surface area contributed by atoms with E-state index in [1.807, 2.05) is 0 Å². The predicted molar refractivity (Wildman–Crippen MR) is 67.6 cm³/mol. The minimum atomic E-state index is -0.222. The third-order valence-corrected chi connectivity index (χ3v) is 2.41. The Kier molecular flexibility index (Phi) is 6.00. The number of aromatic hydroxyl groups is 1. The molecule has 1 aromatic rings. The van der Waals surface area contributed by atoms with Crippen LogP contribution in [-0.4, -0.2) is 31.3 Å². The van der Waals surface area contributed by atoms with E-state index < -0.39 is 0 Å². The van der Waals surface area contributed by atoms with Gasteiger partial charge in [-0.2, -0.15) is 0 Å². The fourth-order valence-electron chi connectivity index (χ4n) is 1.48. The number of nitrogens with one attached hydrogen (secondary N) is 1. The van der Waals surface area contributed by atoms with E-state index in [0.717, 1.165) is 5.56 Å². The van der Waals surface area contributed by atoms with E-state index in [0.29, 0.717) is 31.9 Å². The van der Waals surface area contributed by atoms with E-state index >= 15 is 0 Å². The van der Waals surface area contributed by atoms with Gasteiger partial charge >= 0.3 is 5.97 Å². The first-order valence-corrected chi connectivity index (χ1v) is 5.89. The van der Waals surface area contributed by atoms with Gasteiger partial charge in [0.05, 0.1) is 20.1 Å². The van der Waals surface area contributed by atoms with Crippen LogP contribution in [0.3, 0.4) is 0 Å². The summed E-state index contributed by atoms with van der Waals surface area (Å²) >= 11 is 0. The molecule has 0 aliphatic rings. The number of benzene rings is 1. The Balaban J connectivity index is 2.37. The number of methoxy groups -OCH3 is 1.